The molecular weight excluding hydrogens is 384 g/mol. The van der Waals surface area contributed by atoms with E-state index >= 15 is 0 Å². The van der Waals surface area contributed by atoms with Gasteiger partial charge in [-0.05, 0) is 30.4 Å². The molecule has 150 valence electrons. The lowest BCUT2D eigenvalue weighted by atomic mass is 9.58. The summed E-state index contributed by atoms with van der Waals surface area (Å²) < 4.78 is 0. The van der Waals surface area contributed by atoms with Gasteiger partial charge >= 0.3 is 0 Å². The summed E-state index contributed by atoms with van der Waals surface area (Å²) in [6.07, 6.45) is 0.0272. The van der Waals surface area contributed by atoms with Crippen molar-refractivity contribution in [1.29, 1.82) is 0 Å². The van der Waals surface area contributed by atoms with E-state index in [0.29, 0.717) is 5.56 Å². The Morgan fingerprint density at radius 3 is 2.45 bits per heavy atom. The number of phenolic OH excluding ortho intramolecular Hbond substituents is 1. The van der Waals surface area contributed by atoms with Crippen LogP contribution in [0.1, 0.15) is 17.5 Å². The van der Waals surface area contributed by atoms with Crippen molar-refractivity contribution in [1.82, 2.24) is 0 Å². The van der Waals surface area contributed by atoms with E-state index in [4.69, 9.17) is 5.73 Å². The van der Waals surface area contributed by atoms with Crippen molar-refractivity contribution in [3.63, 3.8) is 0 Å². The minimum absolute atomic E-state index is 0.0157. The van der Waals surface area contributed by atoms with E-state index in [2.05, 4.69) is 5.16 Å². The number of hydrogen-bond donors (Lipinski definition) is 6. The molecule has 1 saturated carbocycles. The standard InChI is InChI=1S/C19H16N2O8/c20-18(27)12-15(24)13(21-29)8-5-7-4-6-2-1-3-9(22)10(6)14(23)11(7)16(25)19(8,28)17(12)26/h1-3,7-8,22-24,28-29H,4-5H2,(H2,20,27). The van der Waals surface area contributed by atoms with Gasteiger partial charge < -0.3 is 31.4 Å². The number of rotatable bonds is 1. The first kappa shape index (κ1) is 18.7. The SMILES string of the molecule is NC(=O)C1=C(O)C(=NO)C2CC3Cc4cccc(O)c4C(O)=C3C(=O)C2(O)C1=O. The molecule has 0 heterocycles. The average molecular weight is 400 g/mol. The lowest BCUT2D eigenvalue weighted by Gasteiger charge is -2.45. The zero-order valence-electron chi connectivity index (χ0n) is 14.8. The van der Waals surface area contributed by atoms with E-state index in [1.165, 1.54) is 6.07 Å². The number of benzene rings is 1. The number of amides is 1. The van der Waals surface area contributed by atoms with Crippen LogP contribution in [0.4, 0.5) is 0 Å². The van der Waals surface area contributed by atoms with Crippen LogP contribution in [-0.2, 0) is 20.8 Å². The molecule has 1 amide bonds. The predicted molar refractivity (Wildman–Crippen MR) is 96.0 cm³/mol. The van der Waals surface area contributed by atoms with Crippen molar-refractivity contribution in [2.75, 3.05) is 0 Å². The smallest absolute Gasteiger partial charge is 0.256 e. The quantitative estimate of drug-likeness (QED) is 0.162. The summed E-state index contributed by atoms with van der Waals surface area (Å²) in [5, 5.41) is 54.3. The maximum absolute atomic E-state index is 13.2. The van der Waals surface area contributed by atoms with Gasteiger partial charge in [0.2, 0.25) is 11.6 Å². The van der Waals surface area contributed by atoms with E-state index in [-0.39, 0.29) is 29.7 Å². The predicted octanol–water partition coefficient (Wildman–Crippen LogP) is -0.136. The molecule has 0 bridgehead atoms. The molecular formula is C19H16N2O8. The summed E-state index contributed by atoms with van der Waals surface area (Å²) in [5.41, 5.74) is 0.787. The van der Waals surface area contributed by atoms with Gasteiger partial charge in [-0.15, -0.1) is 0 Å². The number of allylic oxidation sites excluding steroid dienone is 1. The monoisotopic (exact) mass is 400 g/mol. The van der Waals surface area contributed by atoms with Crippen molar-refractivity contribution < 1.29 is 40.0 Å². The molecule has 0 aromatic heterocycles. The van der Waals surface area contributed by atoms with Crippen LogP contribution >= 0.6 is 0 Å². The van der Waals surface area contributed by atoms with E-state index < -0.39 is 57.7 Å². The van der Waals surface area contributed by atoms with Gasteiger partial charge in [0.15, 0.2) is 11.4 Å². The third-order valence-electron chi connectivity index (χ3n) is 5.85. The fourth-order valence-electron chi connectivity index (χ4n) is 4.55. The third kappa shape index (κ3) is 2.20. The number of aliphatic hydroxyl groups excluding tert-OH is 2. The van der Waals surface area contributed by atoms with E-state index in [9.17, 15) is 40.0 Å². The van der Waals surface area contributed by atoms with Crippen molar-refractivity contribution >= 4 is 28.9 Å². The van der Waals surface area contributed by atoms with E-state index in [1.807, 2.05) is 0 Å². The van der Waals surface area contributed by atoms with Crippen LogP contribution in [0.25, 0.3) is 5.76 Å². The molecule has 1 aromatic rings. The topological polar surface area (TPSA) is 191 Å². The average Bonchev–Trinajstić information content (AvgIpc) is 2.65. The summed E-state index contributed by atoms with van der Waals surface area (Å²) in [7, 11) is 0. The molecule has 0 radical (unpaired) electrons. The van der Waals surface area contributed by atoms with Crippen LogP contribution in [0, 0.1) is 11.8 Å². The number of carbonyl (C=O) groups is 3. The molecule has 1 aromatic carbocycles. The summed E-state index contributed by atoms with van der Waals surface area (Å²) in [6, 6.07) is 4.52. The second-order valence-electron chi connectivity index (χ2n) is 7.26. The molecule has 3 aliphatic rings. The number of oxime groups is 1. The number of aliphatic hydroxyl groups is 3. The highest BCUT2D eigenvalue weighted by molar-refractivity contribution is 6.38. The molecule has 3 aliphatic carbocycles. The number of fused-ring (bicyclic) bond motifs is 3. The second-order valence-corrected chi connectivity index (χ2v) is 7.26. The number of Topliss-reactive ketones (excluding diaryl/α,β-unsaturated/α-hetero) is 2. The first-order valence-electron chi connectivity index (χ1n) is 8.66. The van der Waals surface area contributed by atoms with Crippen LogP contribution in [0.15, 0.2) is 40.3 Å². The Kier molecular flexibility index (Phi) is 3.81. The fraction of sp³-hybridized carbons (Fsp3) is 0.263. The highest BCUT2D eigenvalue weighted by atomic mass is 16.4. The van der Waals surface area contributed by atoms with Crippen LogP contribution in [-0.4, -0.2) is 54.4 Å². The minimum atomic E-state index is -2.90. The van der Waals surface area contributed by atoms with Crippen LogP contribution in [0.3, 0.4) is 0 Å². The Labute approximate surface area is 162 Å². The number of nitrogens with zero attached hydrogens (tertiary/aromatic N) is 1. The minimum Gasteiger partial charge on any atom is -0.507 e. The van der Waals surface area contributed by atoms with E-state index in [0.717, 1.165) is 0 Å². The second kappa shape index (κ2) is 5.92. The summed E-state index contributed by atoms with van der Waals surface area (Å²) in [6.45, 7) is 0. The van der Waals surface area contributed by atoms with Gasteiger partial charge in [0, 0.05) is 5.57 Å². The zero-order valence-corrected chi connectivity index (χ0v) is 14.8. The summed E-state index contributed by atoms with van der Waals surface area (Å²) in [4.78, 5) is 37.7. The van der Waals surface area contributed by atoms with Crippen molar-refractivity contribution in [3.05, 3.63) is 46.2 Å². The molecule has 29 heavy (non-hydrogen) atoms. The molecule has 10 nitrogen and oxygen atoms in total. The molecule has 3 atom stereocenters. The number of ketones is 2. The molecule has 0 saturated heterocycles. The van der Waals surface area contributed by atoms with Gasteiger partial charge in [0.05, 0.1) is 11.5 Å². The Balaban J connectivity index is 1.97. The van der Waals surface area contributed by atoms with Crippen molar-refractivity contribution in [2.24, 2.45) is 22.7 Å². The zero-order chi connectivity index (χ0) is 21.2. The van der Waals surface area contributed by atoms with Gasteiger partial charge in [-0.1, -0.05) is 17.3 Å². The molecule has 10 heteroatoms. The first-order chi connectivity index (χ1) is 13.6. The van der Waals surface area contributed by atoms with Crippen molar-refractivity contribution in [2.45, 2.75) is 18.4 Å². The van der Waals surface area contributed by atoms with E-state index in [1.54, 1.807) is 12.1 Å². The Bertz CT molecular complexity index is 1100. The third-order valence-corrected chi connectivity index (χ3v) is 5.85. The largest absolute Gasteiger partial charge is 0.507 e. The fourth-order valence-corrected chi connectivity index (χ4v) is 4.55. The maximum Gasteiger partial charge on any atom is 0.256 e. The Morgan fingerprint density at radius 2 is 1.83 bits per heavy atom. The van der Waals surface area contributed by atoms with Crippen LogP contribution < -0.4 is 5.73 Å². The van der Waals surface area contributed by atoms with Gasteiger partial charge in [0.1, 0.15) is 22.8 Å². The van der Waals surface area contributed by atoms with Gasteiger partial charge in [-0.3, -0.25) is 14.4 Å². The number of aromatic hydroxyl groups is 1. The number of hydrogen-bond acceptors (Lipinski definition) is 9. The van der Waals surface area contributed by atoms with Gasteiger partial charge in [0.25, 0.3) is 5.91 Å². The molecule has 0 aliphatic heterocycles. The normalized spacial score (nSPS) is 30.2. The number of nitrogens with two attached hydrogens (primary N) is 1. The van der Waals surface area contributed by atoms with Crippen LogP contribution in [0.5, 0.6) is 5.75 Å². The number of primary amides is 1. The molecule has 4 rings (SSSR count). The Hall–Kier alpha value is -3.66. The molecule has 0 spiro atoms. The van der Waals surface area contributed by atoms with Gasteiger partial charge in [-0.2, -0.15) is 0 Å². The van der Waals surface area contributed by atoms with Crippen LogP contribution in [0.2, 0.25) is 0 Å². The molecule has 3 unspecified atom stereocenters. The lowest BCUT2D eigenvalue weighted by molar-refractivity contribution is -0.153. The summed E-state index contributed by atoms with van der Waals surface area (Å²) >= 11 is 0. The van der Waals surface area contributed by atoms with Gasteiger partial charge in [-0.25, -0.2) is 0 Å². The maximum atomic E-state index is 13.2. The highest BCUT2D eigenvalue weighted by Gasteiger charge is 2.64. The molecule has 1 fully saturated rings. The van der Waals surface area contributed by atoms with Crippen molar-refractivity contribution in [3.8, 4) is 5.75 Å². The number of carbonyl (C=O) groups excluding carboxylic acids is 3. The Morgan fingerprint density at radius 1 is 1.14 bits per heavy atom. The summed E-state index contributed by atoms with van der Waals surface area (Å²) in [5.74, 6) is -8.09. The number of phenols is 1. The molecule has 7 N–H and O–H groups in total. The first-order valence-corrected chi connectivity index (χ1v) is 8.66. The highest BCUT2D eigenvalue weighted by Crippen LogP contribution is 2.50. The lowest BCUT2D eigenvalue weighted by Crippen LogP contribution is -2.64.